The lowest BCUT2D eigenvalue weighted by Crippen LogP contribution is -2.42. The van der Waals surface area contributed by atoms with Gasteiger partial charge in [0.05, 0.1) is 6.42 Å². The molecule has 0 aliphatic rings. The van der Waals surface area contributed by atoms with Crippen molar-refractivity contribution >= 4 is 43.0 Å². The van der Waals surface area contributed by atoms with E-state index in [-0.39, 0.29) is 12.2 Å². The van der Waals surface area contributed by atoms with Crippen LogP contribution in [-0.2, 0) is 16.0 Å². The number of carbonyl (C=O) groups is 3. The second kappa shape index (κ2) is 11.8. The minimum absolute atomic E-state index is 0.00238. The number of carbonyl (C=O) groups excluding carboxylic acids is 2. The molecule has 1 aromatic carbocycles. The van der Waals surface area contributed by atoms with Crippen molar-refractivity contribution in [1.82, 2.24) is 5.32 Å². The normalized spacial score (nSPS) is 10.9. The van der Waals surface area contributed by atoms with Crippen molar-refractivity contribution < 1.29 is 19.5 Å². The number of nitrogens with one attached hydrogen (secondary N) is 1. The molecule has 0 saturated carbocycles. The Morgan fingerprint density at radius 3 is 2.35 bits per heavy atom. The quantitative estimate of drug-likeness (QED) is 0.471. The van der Waals surface area contributed by atoms with Gasteiger partial charge >= 0.3 is 5.97 Å². The maximum atomic E-state index is 11.6. The zero-order valence-electron chi connectivity index (χ0n) is 12.9. The van der Waals surface area contributed by atoms with Gasteiger partial charge in [0.15, 0.2) is 0 Å². The highest BCUT2D eigenvalue weighted by atomic mass is 32.1. The number of carboxylic acids is 1. The van der Waals surface area contributed by atoms with Gasteiger partial charge in [-0.1, -0.05) is 19.1 Å². The molecule has 0 unspecified atom stereocenters. The van der Waals surface area contributed by atoms with E-state index in [9.17, 15) is 14.4 Å². The minimum atomic E-state index is -1.14. The average molecular weight is 358 g/mol. The largest absolute Gasteiger partial charge is 0.480 e. The number of benzene rings is 1. The van der Waals surface area contributed by atoms with E-state index in [1.807, 2.05) is 0 Å². The van der Waals surface area contributed by atoms with Gasteiger partial charge in [-0.2, -0.15) is 25.3 Å². The summed E-state index contributed by atoms with van der Waals surface area (Å²) in [5.74, 6) is -1.17. The first-order chi connectivity index (χ1) is 10.8. The van der Waals surface area contributed by atoms with Crippen molar-refractivity contribution in [3.05, 3.63) is 35.4 Å². The van der Waals surface area contributed by atoms with Crippen LogP contribution in [0, 0.1) is 0 Å². The fourth-order valence-corrected chi connectivity index (χ4v) is 1.70. The van der Waals surface area contributed by atoms with Gasteiger partial charge < -0.3 is 16.2 Å². The van der Waals surface area contributed by atoms with Crippen LogP contribution in [0.25, 0.3) is 0 Å². The van der Waals surface area contributed by atoms with Gasteiger partial charge in [-0.25, -0.2) is 4.79 Å². The molecule has 0 radical (unpaired) electrons. The van der Waals surface area contributed by atoms with E-state index in [0.717, 1.165) is 5.75 Å². The summed E-state index contributed by atoms with van der Waals surface area (Å²) in [6.45, 7) is 2.10. The van der Waals surface area contributed by atoms with Gasteiger partial charge in [0.25, 0.3) is 0 Å². The summed E-state index contributed by atoms with van der Waals surface area (Å²) in [7, 11) is 0. The molecule has 0 spiro atoms. The van der Waals surface area contributed by atoms with E-state index in [1.165, 1.54) is 18.6 Å². The molecule has 2 amide bonds. The second-order valence-corrected chi connectivity index (χ2v) is 5.42. The van der Waals surface area contributed by atoms with Crippen molar-refractivity contribution in [3.63, 3.8) is 0 Å². The molecule has 1 atom stereocenters. The smallest absolute Gasteiger partial charge is 0.327 e. The molecule has 23 heavy (non-hydrogen) atoms. The summed E-state index contributed by atoms with van der Waals surface area (Å²) >= 11 is 7.76. The van der Waals surface area contributed by atoms with Crippen LogP contribution in [0.15, 0.2) is 24.3 Å². The van der Waals surface area contributed by atoms with Crippen molar-refractivity contribution in [2.24, 2.45) is 5.73 Å². The van der Waals surface area contributed by atoms with Gasteiger partial charge in [0.2, 0.25) is 11.8 Å². The molecule has 0 bridgehead atoms. The van der Waals surface area contributed by atoms with Crippen LogP contribution in [0.4, 0.5) is 0 Å². The Hall–Kier alpha value is -1.67. The predicted octanol–water partition coefficient (Wildman–Crippen LogP) is 1.15. The Morgan fingerprint density at radius 2 is 1.91 bits per heavy atom. The first-order valence-electron chi connectivity index (χ1n) is 6.98. The van der Waals surface area contributed by atoms with Gasteiger partial charge in [-0.15, -0.1) is 0 Å². The molecule has 0 aliphatic carbocycles. The number of aliphatic carboxylic acids is 1. The van der Waals surface area contributed by atoms with Gasteiger partial charge in [-0.3, -0.25) is 9.59 Å². The number of thiol groups is 2. The minimum Gasteiger partial charge on any atom is -0.480 e. The highest BCUT2D eigenvalue weighted by Gasteiger charge is 2.18. The topological polar surface area (TPSA) is 109 Å². The number of carboxylic acid groups (broad SMARTS) is 1. The SMILES string of the molecule is CCCS.NC(=O)c1cccc(CC(=O)N[C@@H](CS)C(=O)O)c1. The molecule has 1 rings (SSSR count). The first kappa shape index (κ1) is 21.3. The molecule has 4 N–H and O–H groups in total. The maximum Gasteiger partial charge on any atom is 0.327 e. The van der Waals surface area contributed by atoms with Crippen LogP contribution >= 0.6 is 25.3 Å². The highest BCUT2D eigenvalue weighted by Crippen LogP contribution is 2.06. The molecule has 0 fully saturated rings. The number of hydrogen-bond donors (Lipinski definition) is 5. The monoisotopic (exact) mass is 358 g/mol. The lowest BCUT2D eigenvalue weighted by atomic mass is 10.1. The lowest BCUT2D eigenvalue weighted by Gasteiger charge is -2.11. The Balaban J connectivity index is 0.00000108. The average Bonchev–Trinajstić information content (AvgIpc) is 2.52. The van der Waals surface area contributed by atoms with E-state index in [2.05, 4.69) is 37.5 Å². The summed E-state index contributed by atoms with van der Waals surface area (Å²) < 4.78 is 0. The van der Waals surface area contributed by atoms with E-state index in [1.54, 1.807) is 12.1 Å². The molecule has 6 nitrogen and oxygen atoms in total. The summed E-state index contributed by atoms with van der Waals surface area (Å²) in [5.41, 5.74) is 6.01. The Bertz CT molecular complexity index is 536. The maximum absolute atomic E-state index is 11.6. The molecule has 1 aromatic rings. The van der Waals surface area contributed by atoms with Crippen LogP contribution in [0.5, 0.6) is 0 Å². The van der Waals surface area contributed by atoms with E-state index >= 15 is 0 Å². The molecular formula is C15H22N2O4S2. The van der Waals surface area contributed by atoms with Crippen LogP contribution in [-0.4, -0.2) is 40.4 Å². The molecule has 0 saturated heterocycles. The van der Waals surface area contributed by atoms with Crippen LogP contribution in [0.1, 0.15) is 29.3 Å². The van der Waals surface area contributed by atoms with Crippen molar-refractivity contribution in [1.29, 1.82) is 0 Å². The molecule has 128 valence electrons. The second-order valence-electron chi connectivity index (χ2n) is 4.61. The summed E-state index contributed by atoms with van der Waals surface area (Å²) in [4.78, 5) is 33.4. The zero-order valence-corrected chi connectivity index (χ0v) is 14.6. The molecule has 8 heteroatoms. The predicted molar refractivity (Wildman–Crippen MR) is 96.2 cm³/mol. The Labute approximate surface area is 146 Å². The summed E-state index contributed by atoms with van der Waals surface area (Å²) in [6.07, 6.45) is 1.15. The third kappa shape index (κ3) is 9.14. The number of nitrogens with two attached hydrogens (primary N) is 1. The Kier molecular flexibility index (Phi) is 11.0. The number of primary amides is 1. The highest BCUT2D eigenvalue weighted by molar-refractivity contribution is 7.80. The molecule has 0 aromatic heterocycles. The van der Waals surface area contributed by atoms with Crippen LogP contribution < -0.4 is 11.1 Å². The lowest BCUT2D eigenvalue weighted by molar-refractivity contribution is -0.141. The number of rotatable bonds is 7. The van der Waals surface area contributed by atoms with Crippen LogP contribution in [0.2, 0.25) is 0 Å². The van der Waals surface area contributed by atoms with E-state index in [4.69, 9.17) is 10.8 Å². The third-order valence-electron chi connectivity index (χ3n) is 2.62. The van der Waals surface area contributed by atoms with E-state index < -0.39 is 23.8 Å². The van der Waals surface area contributed by atoms with Crippen molar-refractivity contribution in [2.45, 2.75) is 25.8 Å². The number of amides is 2. The summed E-state index contributed by atoms with van der Waals surface area (Å²) in [6, 6.07) is 5.27. The van der Waals surface area contributed by atoms with Gasteiger partial charge in [0, 0.05) is 11.3 Å². The summed E-state index contributed by atoms with van der Waals surface area (Å²) in [5, 5.41) is 11.1. The number of hydrogen-bond acceptors (Lipinski definition) is 5. The molecular weight excluding hydrogens is 336 g/mol. The van der Waals surface area contributed by atoms with Crippen molar-refractivity contribution in [2.75, 3.05) is 11.5 Å². The fraction of sp³-hybridized carbons (Fsp3) is 0.400. The van der Waals surface area contributed by atoms with Gasteiger partial charge in [-0.05, 0) is 29.9 Å². The standard InChI is InChI=1S/C12H14N2O4S.C3H8S/c13-11(16)8-3-1-2-7(4-8)5-10(15)14-9(6-19)12(17)18;1-2-3-4/h1-4,9,19H,5-6H2,(H2,13,16)(H,14,15)(H,17,18);4H,2-3H2,1H3/t9-;/m0./s1. The van der Waals surface area contributed by atoms with E-state index in [0.29, 0.717) is 11.1 Å². The van der Waals surface area contributed by atoms with Gasteiger partial charge in [0.1, 0.15) is 6.04 Å². The zero-order chi connectivity index (χ0) is 17.8. The Morgan fingerprint density at radius 1 is 1.30 bits per heavy atom. The first-order valence-corrected chi connectivity index (χ1v) is 8.24. The third-order valence-corrected chi connectivity index (χ3v) is 3.43. The fourth-order valence-electron chi connectivity index (χ4n) is 1.45. The molecule has 0 heterocycles. The van der Waals surface area contributed by atoms with Crippen molar-refractivity contribution in [3.8, 4) is 0 Å². The van der Waals surface area contributed by atoms with Crippen LogP contribution in [0.3, 0.4) is 0 Å². The molecule has 0 aliphatic heterocycles.